The van der Waals surface area contributed by atoms with Crippen molar-refractivity contribution < 1.29 is 13.2 Å². The average molecular weight is 298 g/mol. The van der Waals surface area contributed by atoms with Crippen molar-refractivity contribution in [3.05, 3.63) is 23.8 Å². The number of amides is 1. The molecule has 3 N–H and O–H groups in total. The van der Waals surface area contributed by atoms with Crippen LogP contribution in [0.5, 0.6) is 0 Å². The van der Waals surface area contributed by atoms with E-state index in [1.165, 1.54) is 19.1 Å². The second-order valence-corrected chi connectivity index (χ2v) is 7.61. The third-order valence-electron chi connectivity index (χ3n) is 3.09. The molecule has 1 rings (SSSR count). The fourth-order valence-electron chi connectivity index (χ4n) is 1.62. The second-order valence-electron chi connectivity index (χ2n) is 5.34. The monoisotopic (exact) mass is 298 g/mol. The van der Waals surface area contributed by atoms with Crippen molar-refractivity contribution in [2.45, 2.75) is 37.8 Å². The Labute approximate surface area is 120 Å². The molecule has 0 aromatic heterocycles. The molecule has 0 spiro atoms. The molecule has 1 unspecified atom stereocenters. The van der Waals surface area contributed by atoms with Gasteiger partial charge in [0.15, 0.2) is 9.84 Å². The van der Waals surface area contributed by atoms with Crippen LogP contribution >= 0.6 is 0 Å². The first-order valence-corrected chi connectivity index (χ1v) is 8.08. The third-order valence-corrected chi connectivity index (χ3v) is 5.14. The van der Waals surface area contributed by atoms with Crippen molar-refractivity contribution in [2.24, 2.45) is 5.92 Å². The number of anilines is 1. The summed E-state index contributed by atoms with van der Waals surface area (Å²) in [6.45, 7) is 7.49. The lowest BCUT2D eigenvalue weighted by atomic mass is 10.2. The van der Waals surface area contributed by atoms with Crippen molar-refractivity contribution >= 4 is 21.4 Å². The highest BCUT2D eigenvalue weighted by atomic mass is 32.2. The molecule has 6 heteroatoms. The predicted molar refractivity (Wildman–Crippen MR) is 80.1 cm³/mol. The fourth-order valence-corrected chi connectivity index (χ4v) is 2.99. The van der Waals surface area contributed by atoms with Gasteiger partial charge in [0.05, 0.1) is 4.90 Å². The van der Waals surface area contributed by atoms with E-state index in [1.54, 1.807) is 13.0 Å². The smallest absolute Gasteiger partial charge is 0.238 e. The molecule has 0 aliphatic heterocycles. The summed E-state index contributed by atoms with van der Waals surface area (Å²) in [5.41, 5.74) is 6.88. The van der Waals surface area contributed by atoms with Gasteiger partial charge in [0.1, 0.15) is 5.25 Å². The average Bonchev–Trinajstić information content (AvgIpc) is 2.37. The maximum Gasteiger partial charge on any atom is 0.238 e. The number of rotatable bonds is 5. The predicted octanol–water partition coefficient (Wildman–Crippen LogP) is 1.51. The molecule has 0 aliphatic carbocycles. The largest absolute Gasteiger partial charge is 0.399 e. The second kappa shape index (κ2) is 6.26. The van der Waals surface area contributed by atoms with E-state index in [1.807, 2.05) is 13.8 Å². The van der Waals surface area contributed by atoms with E-state index in [4.69, 9.17) is 5.73 Å². The standard InChI is InChI=1S/C14H22N2O3S/c1-9(2)8-16-14(17)11(4)20(18,19)12-5-6-13(15)10(3)7-12/h5-7,9,11H,8,15H2,1-4H3,(H,16,17). The van der Waals surface area contributed by atoms with Crippen LogP contribution in [0.25, 0.3) is 0 Å². The van der Waals surface area contributed by atoms with Crippen molar-refractivity contribution in [3.8, 4) is 0 Å². The Morgan fingerprint density at radius 1 is 1.30 bits per heavy atom. The van der Waals surface area contributed by atoms with Gasteiger partial charge < -0.3 is 11.1 Å². The van der Waals surface area contributed by atoms with Crippen molar-refractivity contribution in [2.75, 3.05) is 12.3 Å². The first kappa shape index (κ1) is 16.5. The van der Waals surface area contributed by atoms with E-state index in [-0.39, 0.29) is 10.8 Å². The molecular formula is C14H22N2O3S. The van der Waals surface area contributed by atoms with E-state index < -0.39 is 21.0 Å². The molecule has 1 aromatic rings. The normalized spacial score (nSPS) is 13.2. The van der Waals surface area contributed by atoms with Crippen LogP contribution in [0.4, 0.5) is 5.69 Å². The summed E-state index contributed by atoms with van der Waals surface area (Å²) in [6.07, 6.45) is 0. The van der Waals surface area contributed by atoms with E-state index in [0.29, 0.717) is 17.8 Å². The molecule has 1 amide bonds. The van der Waals surface area contributed by atoms with Gasteiger partial charge in [0, 0.05) is 12.2 Å². The summed E-state index contributed by atoms with van der Waals surface area (Å²) in [4.78, 5) is 12.0. The number of carbonyl (C=O) groups excluding carboxylic acids is 1. The Morgan fingerprint density at radius 2 is 1.90 bits per heavy atom. The Kier molecular flexibility index (Phi) is 5.16. The number of hydrogen-bond acceptors (Lipinski definition) is 4. The minimum Gasteiger partial charge on any atom is -0.399 e. The van der Waals surface area contributed by atoms with E-state index >= 15 is 0 Å². The lowest BCUT2D eigenvalue weighted by molar-refractivity contribution is -0.120. The highest BCUT2D eigenvalue weighted by Crippen LogP contribution is 2.21. The van der Waals surface area contributed by atoms with Crippen LogP contribution in [0.1, 0.15) is 26.3 Å². The van der Waals surface area contributed by atoms with Crippen LogP contribution in [0, 0.1) is 12.8 Å². The SMILES string of the molecule is Cc1cc(S(=O)(=O)C(C)C(=O)NCC(C)C)ccc1N. The number of aryl methyl sites for hydroxylation is 1. The van der Waals surface area contributed by atoms with Gasteiger partial charge in [-0.15, -0.1) is 0 Å². The summed E-state index contributed by atoms with van der Waals surface area (Å²) in [5, 5.41) is 1.52. The lowest BCUT2D eigenvalue weighted by Crippen LogP contribution is -2.39. The van der Waals surface area contributed by atoms with Gasteiger partial charge >= 0.3 is 0 Å². The van der Waals surface area contributed by atoms with Gasteiger partial charge in [-0.25, -0.2) is 8.42 Å². The van der Waals surface area contributed by atoms with E-state index in [0.717, 1.165) is 0 Å². The van der Waals surface area contributed by atoms with Gasteiger partial charge in [0.25, 0.3) is 0 Å². The molecule has 5 nitrogen and oxygen atoms in total. The van der Waals surface area contributed by atoms with Crippen LogP contribution in [0.2, 0.25) is 0 Å². The number of benzene rings is 1. The summed E-state index contributed by atoms with van der Waals surface area (Å²) in [6, 6.07) is 4.47. The summed E-state index contributed by atoms with van der Waals surface area (Å²) >= 11 is 0. The Balaban J connectivity index is 2.97. The molecular weight excluding hydrogens is 276 g/mol. The first-order chi connectivity index (χ1) is 9.16. The van der Waals surface area contributed by atoms with Gasteiger partial charge in [-0.1, -0.05) is 13.8 Å². The van der Waals surface area contributed by atoms with Crippen molar-refractivity contribution in [1.29, 1.82) is 0 Å². The number of nitrogen functional groups attached to an aromatic ring is 1. The highest BCUT2D eigenvalue weighted by Gasteiger charge is 2.29. The van der Waals surface area contributed by atoms with Gasteiger partial charge in [-0.05, 0) is 43.5 Å². The lowest BCUT2D eigenvalue weighted by Gasteiger charge is -2.15. The van der Waals surface area contributed by atoms with E-state index in [9.17, 15) is 13.2 Å². The van der Waals surface area contributed by atoms with Crippen LogP contribution in [-0.4, -0.2) is 26.1 Å². The Morgan fingerprint density at radius 3 is 2.40 bits per heavy atom. The molecule has 1 atom stereocenters. The van der Waals surface area contributed by atoms with Crippen molar-refractivity contribution in [3.63, 3.8) is 0 Å². The molecule has 0 bridgehead atoms. The maximum atomic E-state index is 12.4. The molecule has 0 radical (unpaired) electrons. The number of hydrogen-bond donors (Lipinski definition) is 2. The van der Waals surface area contributed by atoms with Crippen LogP contribution < -0.4 is 11.1 Å². The molecule has 20 heavy (non-hydrogen) atoms. The zero-order chi connectivity index (χ0) is 15.5. The molecule has 0 heterocycles. The van der Waals surface area contributed by atoms with Gasteiger partial charge in [-0.3, -0.25) is 4.79 Å². The van der Waals surface area contributed by atoms with Crippen molar-refractivity contribution in [1.82, 2.24) is 5.32 Å². The summed E-state index contributed by atoms with van der Waals surface area (Å²) in [5.74, 6) is -0.208. The summed E-state index contributed by atoms with van der Waals surface area (Å²) < 4.78 is 24.8. The number of nitrogens with two attached hydrogens (primary N) is 1. The first-order valence-electron chi connectivity index (χ1n) is 6.54. The number of carbonyl (C=O) groups is 1. The minimum absolute atomic E-state index is 0.122. The van der Waals surface area contributed by atoms with Crippen LogP contribution in [0.3, 0.4) is 0 Å². The Hall–Kier alpha value is -1.56. The highest BCUT2D eigenvalue weighted by molar-refractivity contribution is 7.92. The molecule has 1 aromatic carbocycles. The van der Waals surface area contributed by atoms with Gasteiger partial charge in [-0.2, -0.15) is 0 Å². The molecule has 112 valence electrons. The summed E-state index contributed by atoms with van der Waals surface area (Å²) in [7, 11) is -3.69. The topological polar surface area (TPSA) is 89.3 Å². The zero-order valence-corrected chi connectivity index (χ0v) is 13.1. The molecule has 0 saturated heterocycles. The molecule has 0 aliphatic rings. The molecule has 0 fully saturated rings. The quantitative estimate of drug-likeness (QED) is 0.806. The third kappa shape index (κ3) is 3.72. The molecule has 0 saturated carbocycles. The zero-order valence-electron chi connectivity index (χ0n) is 12.3. The minimum atomic E-state index is -3.69. The number of sulfone groups is 1. The van der Waals surface area contributed by atoms with Crippen LogP contribution in [0.15, 0.2) is 23.1 Å². The number of nitrogens with one attached hydrogen (secondary N) is 1. The maximum absolute atomic E-state index is 12.4. The van der Waals surface area contributed by atoms with Gasteiger partial charge in [0.2, 0.25) is 5.91 Å². The van der Waals surface area contributed by atoms with E-state index in [2.05, 4.69) is 5.32 Å². The van der Waals surface area contributed by atoms with Crippen LogP contribution in [-0.2, 0) is 14.6 Å². The fraction of sp³-hybridized carbons (Fsp3) is 0.500. The Bertz CT molecular complexity index is 594.